The standard InChI is InChI=1S/C19H22N8O/c1-13-22-18(26-25-13)14-3-2-4-16(11-14)24-19(28)23-15-5-9-27(10-6-15)17-12-20-7-8-21-17/h2-4,7-8,11-12,15H,5-6,9-10H2,1H3,(H,22,25,26)(H2,23,24,28). The second kappa shape index (κ2) is 8.03. The maximum atomic E-state index is 12.4. The number of urea groups is 1. The lowest BCUT2D eigenvalue weighted by Gasteiger charge is -2.32. The molecule has 0 atom stereocenters. The number of aromatic amines is 1. The molecule has 0 aliphatic carbocycles. The zero-order chi connectivity index (χ0) is 19.3. The predicted molar refractivity (Wildman–Crippen MR) is 106 cm³/mol. The summed E-state index contributed by atoms with van der Waals surface area (Å²) in [4.78, 5) is 27.3. The normalized spacial score (nSPS) is 14.7. The Bertz CT molecular complexity index is 934. The van der Waals surface area contributed by atoms with Crippen LogP contribution in [0.4, 0.5) is 16.3 Å². The molecule has 2 aromatic heterocycles. The van der Waals surface area contributed by atoms with Crippen molar-refractivity contribution in [2.75, 3.05) is 23.3 Å². The molecule has 0 unspecified atom stereocenters. The van der Waals surface area contributed by atoms with Gasteiger partial charge in [0.05, 0.1) is 6.20 Å². The topological polar surface area (TPSA) is 112 Å². The van der Waals surface area contributed by atoms with Crippen LogP contribution < -0.4 is 15.5 Å². The summed E-state index contributed by atoms with van der Waals surface area (Å²) >= 11 is 0. The van der Waals surface area contributed by atoms with E-state index in [4.69, 9.17) is 0 Å². The van der Waals surface area contributed by atoms with Crippen LogP contribution in [0.1, 0.15) is 18.7 Å². The van der Waals surface area contributed by atoms with Crippen molar-refractivity contribution in [3.8, 4) is 11.4 Å². The molecule has 3 heterocycles. The first-order valence-corrected chi connectivity index (χ1v) is 9.25. The van der Waals surface area contributed by atoms with E-state index >= 15 is 0 Å². The summed E-state index contributed by atoms with van der Waals surface area (Å²) in [5, 5.41) is 12.9. The van der Waals surface area contributed by atoms with Gasteiger partial charge in [0.1, 0.15) is 11.6 Å². The third-order valence-corrected chi connectivity index (χ3v) is 4.68. The fraction of sp³-hybridized carbons (Fsp3) is 0.316. The summed E-state index contributed by atoms with van der Waals surface area (Å²) in [5.74, 6) is 2.24. The van der Waals surface area contributed by atoms with Crippen molar-refractivity contribution in [1.82, 2.24) is 30.5 Å². The molecule has 1 aromatic carbocycles. The third-order valence-electron chi connectivity index (χ3n) is 4.68. The number of carbonyl (C=O) groups excluding carboxylic acids is 1. The number of nitrogens with zero attached hydrogens (tertiary/aromatic N) is 5. The van der Waals surface area contributed by atoms with Crippen LogP contribution in [0.25, 0.3) is 11.4 Å². The Hall–Kier alpha value is -3.49. The monoisotopic (exact) mass is 378 g/mol. The lowest BCUT2D eigenvalue weighted by Crippen LogP contribution is -2.46. The number of piperidine rings is 1. The average molecular weight is 378 g/mol. The lowest BCUT2D eigenvalue weighted by molar-refractivity contribution is 0.246. The number of rotatable bonds is 4. The molecule has 1 saturated heterocycles. The van der Waals surface area contributed by atoms with Crippen molar-refractivity contribution in [2.45, 2.75) is 25.8 Å². The number of anilines is 2. The molecule has 9 nitrogen and oxygen atoms in total. The van der Waals surface area contributed by atoms with Gasteiger partial charge in [-0.1, -0.05) is 12.1 Å². The zero-order valence-electron chi connectivity index (χ0n) is 15.6. The Morgan fingerprint density at radius 2 is 2.11 bits per heavy atom. The largest absolute Gasteiger partial charge is 0.355 e. The molecule has 9 heteroatoms. The Labute approximate surface area is 162 Å². The number of H-pyrrole nitrogens is 1. The summed E-state index contributed by atoms with van der Waals surface area (Å²) in [6.07, 6.45) is 6.85. The highest BCUT2D eigenvalue weighted by Crippen LogP contribution is 2.20. The summed E-state index contributed by atoms with van der Waals surface area (Å²) in [7, 11) is 0. The van der Waals surface area contributed by atoms with Gasteiger partial charge in [-0.05, 0) is 31.9 Å². The van der Waals surface area contributed by atoms with Gasteiger partial charge in [-0.15, -0.1) is 0 Å². The Morgan fingerprint density at radius 1 is 1.25 bits per heavy atom. The highest BCUT2D eigenvalue weighted by molar-refractivity contribution is 5.90. The lowest BCUT2D eigenvalue weighted by atomic mass is 10.1. The molecule has 144 valence electrons. The van der Waals surface area contributed by atoms with Crippen molar-refractivity contribution >= 4 is 17.5 Å². The highest BCUT2D eigenvalue weighted by Gasteiger charge is 2.21. The van der Waals surface area contributed by atoms with Gasteiger partial charge in [-0.25, -0.2) is 14.8 Å². The number of carbonyl (C=O) groups is 1. The molecule has 0 saturated carbocycles. The van der Waals surface area contributed by atoms with Gasteiger partial charge in [0.2, 0.25) is 0 Å². The molecule has 1 aliphatic heterocycles. The minimum Gasteiger partial charge on any atom is -0.355 e. The first-order valence-electron chi connectivity index (χ1n) is 9.25. The molecule has 28 heavy (non-hydrogen) atoms. The number of nitrogens with one attached hydrogen (secondary N) is 3. The second-order valence-electron chi connectivity index (χ2n) is 6.75. The smallest absolute Gasteiger partial charge is 0.319 e. The van der Waals surface area contributed by atoms with Crippen LogP contribution in [-0.2, 0) is 0 Å². The van der Waals surface area contributed by atoms with Gasteiger partial charge in [0.15, 0.2) is 5.82 Å². The van der Waals surface area contributed by atoms with Crippen LogP contribution in [0.3, 0.4) is 0 Å². The maximum Gasteiger partial charge on any atom is 0.319 e. The number of aromatic nitrogens is 5. The van der Waals surface area contributed by atoms with Gasteiger partial charge in [0, 0.05) is 42.8 Å². The summed E-state index contributed by atoms with van der Waals surface area (Å²) in [5.41, 5.74) is 1.55. The molecule has 1 aliphatic rings. The molecule has 3 aromatic rings. The molecular weight excluding hydrogens is 356 g/mol. The maximum absolute atomic E-state index is 12.4. The zero-order valence-corrected chi connectivity index (χ0v) is 15.6. The Kier molecular flexibility index (Phi) is 5.14. The number of aryl methyl sites for hydroxylation is 1. The number of benzene rings is 1. The van der Waals surface area contributed by atoms with Gasteiger partial charge >= 0.3 is 6.03 Å². The summed E-state index contributed by atoms with van der Waals surface area (Å²) in [6, 6.07) is 7.41. The van der Waals surface area contributed by atoms with Crippen LogP contribution >= 0.6 is 0 Å². The van der Waals surface area contributed by atoms with E-state index in [0.717, 1.165) is 43.1 Å². The molecular formula is C19H22N8O. The van der Waals surface area contributed by atoms with Gasteiger partial charge in [-0.3, -0.25) is 10.1 Å². The van der Waals surface area contributed by atoms with Gasteiger partial charge < -0.3 is 15.5 Å². The highest BCUT2D eigenvalue weighted by atomic mass is 16.2. The summed E-state index contributed by atoms with van der Waals surface area (Å²) in [6.45, 7) is 3.52. The molecule has 3 N–H and O–H groups in total. The van der Waals surface area contributed by atoms with Crippen LogP contribution in [0, 0.1) is 6.92 Å². The number of hydrogen-bond acceptors (Lipinski definition) is 6. The third kappa shape index (κ3) is 4.25. The van der Waals surface area contributed by atoms with E-state index in [-0.39, 0.29) is 12.1 Å². The van der Waals surface area contributed by atoms with Gasteiger partial charge in [0.25, 0.3) is 0 Å². The molecule has 0 bridgehead atoms. The molecule has 0 spiro atoms. The first-order chi connectivity index (χ1) is 13.7. The van der Waals surface area contributed by atoms with Crippen LogP contribution in [-0.4, -0.2) is 50.3 Å². The molecule has 1 fully saturated rings. The number of hydrogen-bond donors (Lipinski definition) is 3. The van der Waals surface area contributed by atoms with E-state index < -0.39 is 0 Å². The SMILES string of the molecule is Cc1nc(-c2cccc(NC(=O)NC3CCN(c4cnccn4)CC3)c2)n[nH]1. The number of amides is 2. The van der Waals surface area contributed by atoms with E-state index in [2.05, 4.69) is 40.7 Å². The Balaban J connectivity index is 1.30. The van der Waals surface area contributed by atoms with E-state index in [1.807, 2.05) is 31.2 Å². The van der Waals surface area contributed by atoms with Crippen LogP contribution in [0.2, 0.25) is 0 Å². The van der Waals surface area contributed by atoms with Crippen molar-refractivity contribution in [3.63, 3.8) is 0 Å². The second-order valence-corrected chi connectivity index (χ2v) is 6.75. The predicted octanol–water partition coefficient (Wildman–Crippen LogP) is 2.36. The van der Waals surface area contributed by atoms with Crippen LogP contribution in [0.5, 0.6) is 0 Å². The van der Waals surface area contributed by atoms with Gasteiger partial charge in [-0.2, -0.15) is 5.10 Å². The molecule has 0 radical (unpaired) electrons. The fourth-order valence-electron chi connectivity index (χ4n) is 3.27. The molecule has 2 amide bonds. The first kappa shape index (κ1) is 17.9. The Morgan fingerprint density at radius 3 is 2.82 bits per heavy atom. The van der Waals surface area contributed by atoms with E-state index in [1.165, 1.54) is 0 Å². The van der Waals surface area contributed by atoms with E-state index in [9.17, 15) is 4.79 Å². The van der Waals surface area contributed by atoms with E-state index in [1.54, 1.807) is 18.6 Å². The van der Waals surface area contributed by atoms with E-state index in [0.29, 0.717) is 11.5 Å². The fourth-order valence-corrected chi connectivity index (χ4v) is 3.27. The van der Waals surface area contributed by atoms with Crippen LogP contribution in [0.15, 0.2) is 42.9 Å². The quantitative estimate of drug-likeness (QED) is 0.643. The van der Waals surface area contributed by atoms with Crippen molar-refractivity contribution in [3.05, 3.63) is 48.7 Å². The summed E-state index contributed by atoms with van der Waals surface area (Å²) < 4.78 is 0. The van der Waals surface area contributed by atoms with Crippen molar-refractivity contribution < 1.29 is 4.79 Å². The van der Waals surface area contributed by atoms with Crippen molar-refractivity contribution in [2.24, 2.45) is 0 Å². The molecule has 4 rings (SSSR count). The minimum absolute atomic E-state index is 0.131. The minimum atomic E-state index is -0.207. The van der Waals surface area contributed by atoms with Crippen molar-refractivity contribution in [1.29, 1.82) is 0 Å². The average Bonchev–Trinajstić information content (AvgIpc) is 3.16.